The molecule has 1 rings (SSSR count). The molecule has 0 saturated carbocycles. The van der Waals surface area contributed by atoms with Gasteiger partial charge in [-0.2, -0.15) is 0 Å². The van der Waals surface area contributed by atoms with E-state index in [9.17, 15) is 14.4 Å². The molecule has 1 N–H and O–H groups in total. The fourth-order valence-electron chi connectivity index (χ4n) is 1.57. The Morgan fingerprint density at radius 3 is 2.52 bits per heavy atom. The standard InChI is InChI=1S/C15H18Cl2N2O4/c1-3-6-18-13(20)8-19(2)14(21)9-23-15(22)10-4-5-11(16)12(17)7-10/h4-5,7H,3,6,8-9H2,1-2H3,(H,18,20). The van der Waals surface area contributed by atoms with E-state index < -0.39 is 18.5 Å². The van der Waals surface area contributed by atoms with Crippen LogP contribution in [0.5, 0.6) is 0 Å². The maximum absolute atomic E-state index is 11.8. The number of amides is 2. The van der Waals surface area contributed by atoms with Gasteiger partial charge in [0.2, 0.25) is 5.91 Å². The third kappa shape index (κ3) is 6.46. The number of hydrogen-bond acceptors (Lipinski definition) is 4. The lowest BCUT2D eigenvalue weighted by molar-refractivity contribution is -0.137. The predicted octanol–water partition coefficient (Wildman–Crippen LogP) is 2.13. The summed E-state index contributed by atoms with van der Waals surface area (Å²) in [6.07, 6.45) is 0.810. The van der Waals surface area contributed by atoms with Crippen molar-refractivity contribution in [2.75, 3.05) is 26.7 Å². The summed E-state index contributed by atoms with van der Waals surface area (Å²) in [4.78, 5) is 36.3. The Morgan fingerprint density at radius 1 is 1.22 bits per heavy atom. The first-order valence-electron chi connectivity index (χ1n) is 6.98. The van der Waals surface area contributed by atoms with Crippen LogP contribution in [0, 0.1) is 0 Å². The van der Waals surface area contributed by atoms with Crippen molar-refractivity contribution in [2.24, 2.45) is 0 Å². The molecule has 0 aromatic heterocycles. The third-order valence-corrected chi connectivity index (χ3v) is 3.60. The maximum atomic E-state index is 11.8. The highest BCUT2D eigenvalue weighted by Gasteiger charge is 2.16. The van der Waals surface area contributed by atoms with Gasteiger partial charge >= 0.3 is 5.97 Å². The van der Waals surface area contributed by atoms with E-state index in [0.29, 0.717) is 11.6 Å². The summed E-state index contributed by atoms with van der Waals surface area (Å²) in [5, 5.41) is 3.19. The Bertz CT molecular complexity index is 593. The SMILES string of the molecule is CCCNC(=O)CN(C)C(=O)COC(=O)c1ccc(Cl)c(Cl)c1. The number of ether oxygens (including phenoxy) is 1. The molecule has 0 radical (unpaired) electrons. The first-order chi connectivity index (χ1) is 10.8. The lowest BCUT2D eigenvalue weighted by atomic mass is 10.2. The molecule has 2 amide bonds. The second-order valence-corrected chi connectivity index (χ2v) is 5.62. The number of nitrogens with one attached hydrogen (secondary N) is 1. The van der Waals surface area contributed by atoms with Crippen molar-refractivity contribution in [2.45, 2.75) is 13.3 Å². The molecule has 0 aliphatic carbocycles. The second-order valence-electron chi connectivity index (χ2n) is 4.80. The largest absolute Gasteiger partial charge is 0.452 e. The van der Waals surface area contributed by atoms with Crippen molar-refractivity contribution in [3.05, 3.63) is 33.8 Å². The summed E-state index contributed by atoms with van der Waals surface area (Å²) in [5.74, 6) is -1.44. The zero-order chi connectivity index (χ0) is 17.4. The van der Waals surface area contributed by atoms with Gasteiger partial charge in [-0.3, -0.25) is 9.59 Å². The maximum Gasteiger partial charge on any atom is 0.338 e. The fraction of sp³-hybridized carbons (Fsp3) is 0.400. The highest BCUT2D eigenvalue weighted by Crippen LogP contribution is 2.22. The zero-order valence-corrected chi connectivity index (χ0v) is 14.4. The topological polar surface area (TPSA) is 75.7 Å². The minimum absolute atomic E-state index is 0.0941. The van der Waals surface area contributed by atoms with Gasteiger partial charge in [0.05, 0.1) is 22.2 Å². The van der Waals surface area contributed by atoms with Gasteiger partial charge in [0, 0.05) is 13.6 Å². The van der Waals surface area contributed by atoms with E-state index in [1.54, 1.807) is 0 Å². The van der Waals surface area contributed by atoms with Crippen LogP contribution in [-0.4, -0.2) is 49.4 Å². The van der Waals surface area contributed by atoms with Gasteiger partial charge in [0.1, 0.15) is 0 Å². The molecule has 0 saturated heterocycles. The van der Waals surface area contributed by atoms with Crippen LogP contribution in [0.15, 0.2) is 18.2 Å². The van der Waals surface area contributed by atoms with Gasteiger partial charge in [-0.05, 0) is 24.6 Å². The summed E-state index contributed by atoms with van der Waals surface area (Å²) in [6.45, 7) is 1.92. The Balaban J connectivity index is 2.46. The molecule has 0 aliphatic rings. The van der Waals surface area contributed by atoms with E-state index in [1.807, 2.05) is 6.92 Å². The van der Waals surface area contributed by atoms with Crippen LogP contribution in [0.2, 0.25) is 10.0 Å². The van der Waals surface area contributed by atoms with Crippen LogP contribution < -0.4 is 5.32 Å². The number of carbonyl (C=O) groups excluding carboxylic acids is 3. The second kappa shape index (κ2) is 9.37. The first-order valence-corrected chi connectivity index (χ1v) is 7.73. The van der Waals surface area contributed by atoms with E-state index in [4.69, 9.17) is 27.9 Å². The molecule has 126 valence electrons. The highest BCUT2D eigenvalue weighted by molar-refractivity contribution is 6.42. The van der Waals surface area contributed by atoms with Crippen LogP contribution in [-0.2, 0) is 14.3 Å². The first kappa shape index (κ1) is 19.3. The van der Waals surface area contributed by atoms with Crippen molar-refractivity contribution in [1.82, 2.24) is 10.2 Å². The monoisotopic (exact) mass is 360 g/mol. The van der Waals surface area contributed by atoms with Crippen LogP contribution in [0.4, 0.5) is 0 Å². The van der Waals surface area contributed by atoms with Crippen molar-refractivity contribution in [1.29, 1.82) is 0 Å². The minimum Gasteiger partial charge on any atom is -0.452 e. The normalized spacial score (nSPS) is 10.1. The van der Waals surface area contributed by atoms with Crippen LogP contribution in [0.1, 0.15) is 23.7 Å². The quantitative estimate of drug-likeness (QED) is 0.755. The van der Waals surface area contributed by atoms with Crippen molar-refractivity contribution in [3.8, 4) is 0 Å². The summed E-state index contributed by atoms with van der Waals surface area (Å²) >= 11 is 11.6. The van der Waals surface area contributed by atoms with E-state index in [-0.39, 0.29) is 23.0 Å². The van der Waals surface area contributed by atoms with Crippen LogP contribution in [0.25, 0.3) is 0 Å². The van der Waals surface area contributed by atoms with Crippen molar-refractivity contribution < 1.29 is 19.1 Å². The third-order valence-electron chi connectivity index (χ3n) is 2.86. The molecule has 0 aliphatic heterocycles. The molecule has 0 atom stereocenters. The number of esters is 1. The average molecular weight is 361 g/mol. The molecule has 0 unspecified atom stereocenters. The number of nitrogens with zero attached hydrogens (tertiary/aromatic N) is 1. The van der Waals surface area contributed by atoms with E-state index in [1.165, 1.54) is 30.1 Å². The van der Waals surface area contributed by atoms with Gasteiger partial charge in [-0.15, -0.1) is 0 Å². The Kier molecular flexibility index (Phi) is 7.85. The molecule has 1 aromatic carbocycles. The van der Waals surface area contributed by atoms with Gasteiger partial charge < -0.3 is 15.0 Å². The van der Waals surface area contributed by atoms with Crippen molar-refractivity contribution >= 4 is 41.0 Å². The number of carbonyl (C=O) groups is 3. The molecule has 1 aromatic rings. The minimum atomic E-state index is -0.694. The van der Waals surface area contributed by atoms with Crippen LogP contribution in [0.3, 0.4) is 0 Å². The molecule has 0 spiro atoms. The number of hydrogen-bond donors (Lipinski definition) is 1. The summed E-state index contributed by atoms with van der Waals surface area (Å²) in [5.41, 5.74) is 0.190. The molecule has 0 fully saturated rings. The number of rotatable bonds is 7. The molecular formula is C15H18Cl2N2O4. The lowest BCUT2D eigenvalue weighted by Gasteiger charge is -2.16. The van der Waals surface area contributed by atoms with Gasteiger partial charge in [0.15, 0.2) is 6.61 Å². The molecule has 0 bridgehead atoms. The average Bonchev–Trinajstić information content (AvgIpc) is 2.52. The smallest absolute Gasteiger partial charge is 0.338 e. The number of halogens is 2. The van der Waals surface area contributed by atoms with Gasteiger partial charge in [0.25, 0.3) is 5.91 Å². The summed E-state index contributed by atoms with van der Waals surface area (Å²) in [6, 6.07) is 4.27. The van der Waals surface area contributed by atoms with E-state index in [0.717, 1.165) is 6.42 Å². The predicted molar refractivity (Wildman–Crippen MR) is 87.7 cm³/mol. The summed E-state index contributed by atoms with van der Waals surface area (Å²) in [7, 11) is 1.46. The van der Waals surface area contributed by atoms with Gasteiger partial charge in [-0.25, -0.2) is 4.79 Å². The molecule has 8 heteroatoms. The molecule has 23 heavy (non-hydrogen) atoms. The molecular weight excluding hydrogens is 343 g/mol. The Morgan fingerprint density at radius 2 is 1.91 bits per heavy atom. The number of benzene rings is 1. The summed E-state index contributed by atoms with van der Waals surface area (Å²) < 4.78 is 4.91. The molecule has 0 heterocycles. The van der Waals surface area contributed by atoms with Crippen molar-refractivity contribution in [3.63, 3.8) is 0 Å². The van der Waals surface area contributed by atoms with E-state index >= 15 is 0 Å². The van der Waals surface area contributed by atoms with Crippen LogP contribution >= 0.6 is 23.2 Å². The zero-order valence-electron chi connectivity index (χ0n) is 12.9. The highest BCUT2D eigenvalue weighted by atomic mass is 35.5. The Hall–Kier alpha value is -1.79. The lowest BCUT2D eigenvalue weighted by Crippen LogP contribution is -2.40. The van der Waals surface area contributed by atoms with E-state index in [2.05, 4.69) is 5.32 Å². The van der Waals surface area contributed by atoms with Gasteiger partial charge in [-0.1, -0.05) is 30.1 Å². The molecule has 6 nitrogen and oxygen atoms in total. The Labute approximate surface area is 144 Å². The fourth-order valence-corrected chi connectivity index (χ4v) is 1.87. The number of likely N-dealkylation sites (N-methyl/N-ethyl adjacent to an activating group) is 1.